The second-order valence-corrected chi connectivity index (χ2v) is 6.87. The molecule has 116 valence electrons. The average Bonchev–Trinajstić information content (AvgIpc) is 2.58. The molecule has 0 N–H and O–H groups in total. The minimum atomic E-state index is -1.00. The van der Waals surface area contributed by atoms with Crippen LogP contribution in [0.2, 0.25) is 0 Å². The van der Waals surface area contributed by atoms with Crippen LogP contribution < -0.4 is 0 Å². The van der Waals surface area contributed by atoms with Gasteiger partial charge in [-0.05, 0) is 34.4 Å². The zero-order valence-corrected chi connectivity index (χ0v) is 13.4. The van der Waals surface area contributed by atoms with E-state index in [0.717, 1.165) is 16.7 Å². The lowest BCUT2D eigenvalue weighted by Crippen LogP contribution is -1.99. The third-order valence-electron chi connectivity index (χ3n) is 3.63. The smallest absolute Gasteiger partial charge is 0.123 e. The molecule has 0 saturated carbocycles. The largest absolute Gasteiger partial charge is 0.259 e. The molecule has 1 atom stereocenters. The maximum Gasteiger partial charge on any atom is 0.123 e. The van der Waals surface area contributed by atoms with E-state index in [9.17, 15) is 8.60 Å². The molecule has 0 aromatic heterocycles. The van der Waals surface area contributed by atoms with Crippen molar-refractivity contribution < 1.29 is 8.60 Å². The predicted molar refractivity (Wildman–Crippen MR) is 93.8 cm³/mol. The van der Waals surface area contributed by atoms with Gasteiger partial charge < -0.3 is 0 Å². The van der Waals surface area contributed by atoms with Gasteiger partial charge in [-0.25, -0.2) is 4.39 Å². The summed E-state index contributed by atoms with van der Waals surface area (Å²) in [5.41, 5.74) is 4.26. The number of hydrogen-bond donors (Lipinski definition) is 0. The molecule has 23 heavy (non-hydrogen) atoms. The van der Waals surface area contributed by atoms with Crippen molar-refractivity contribution in [3.05, 3.63) is 95.8 Å². The summed E-state index contributed by atoms with van der Waals surface area (Å²) in [6, 6.07) is 24.5. The average molecular weight is 324 g/mol. The minimum absolute atomic E-state index is 0.268. The molecule has 3 aromatic carbocycles. The van der Waals surface area contributed by atoms with Crippen LogP contribution in [-0.2, 0) is 22.3 Å². The Kier molecular flexibility index (Phi) is 4.99. The molecule has 0 aliphatic carbocycles. The molecule has 0 aliphatic heterocycles. The van der Waals surface area contributed by atoms with Crippen LogP contribution in [0.25, 0.3) is 11.1 Å². The van der Waals surface area contributed by atoms with Crippen LogP contribution in [0.15, 0.2) is 78.9 Å². The van der Waals surface area contributed by atoms with Gasteiger partial charge in [-0.2, -0.15) is 0 Å². The molecule has 1 nitrogen and oxygen atoms in total. The van der Waals surface area contributed by atoms with Crippen LogP contribution in [0.4, 0.5) is 4.39 Å². The Labute approximate surface area is 138 Å². The summed E-state index contributed by atoms with van der Waals surface area (Å²) >= 11 is 0. The standard InChI is InChI=1S/C20H17FOS/c21-20-12-8-17(9-13-20)15-23(22)14-16-6-10-19(11-7-16)18-4-2-1-3-5-18/h1-13H,14-15H2. The number of rotatable bonds is 5. The minimum Gasteiger partial charge on any atom is -0.259 e. The van der Waals surface area contributed by atoms with Crippen LogP contribution in [-0.4, -0.2) is 4.21 Å². The lowest BCUT2D eigenvalue weighted by molar-refractivity contribution is 0.627. The molecule has 0 fully saturated rings. The second-order valence-electron chi connectivity index (χ2n) is 5.42. The van der Waals surface area contributed by atoms with Gasteiger partial charge in [0, 0.05) is 22.3 Å². The predicted octanol–water partition coefficient (Wildman–Crippen LogP) is 4.94. The SMILES string of the molecule is O=S(Cc1ccc(F)cc1)Cc1ccc(-c2ccccc2)cc1. The van der Waals surface area contributed by atoms with Gasteiger partial charge in [0.15, 0.2) is 0 Å². The van der Waals surface area contributed by atoms with E-state index in [-0.39, 0.29) is 5.82 Å². The Balaban J connectivity index is 1.64. The zero-order valence-electron chi connectivity index (χ0n) is 12.6. The first-order valence-corrected chi connectivity index (χ1v) is 8.93. The van der Waals surface area contributed by atoms with Crippen molar-refractivity contribution in [3.8, 4) is 11.1 Å². The molecule has 1 unspecified atom stereocenters. The first-order valence-electron chi connectivity index (χ1n) is 7.44. The molecule has 0 aliphatic rings. The summed E-state index contributed by atoms with van der Waals surface area (Å²) in [4.78, 5) is 0. The normalized spacial score (nSPS) is 12.0. The van der Waals surface area contributed by atoms with Crippen LogP contribution in [0, 0.1) is 5.82 Å². The van der Waals surface area contributed by atoms with Crippen molar-refractivity contribution >= 4 is 10.8 Å². The van der Waals surface area contributed by atoms with Gasteiger partial charge in [-0.3, -0.25) is 4.21 Å². The van der Waals surface area contributed by atoms with Crippen molar-refractivity contribution in [2.45, 2.75) is 11.5 Å². The van der Waals surface area contributed by atoms with Crippen molar-refractivity contribution in [2.24, 2.45) is 0 Å². The number of halogens is 1. The van der Waals surface area contributed by atoms with Crippen LogP contribution in [0.1, 0.15) is 11.1 Å². The molecule has 0 radical (unpaired) electrons. The summed E-state index contributed by atoms with van der Waals surface area (Å²) in [6.45, 7) is 0. The quantitative estimate of drug-likeness (QED) is 0.649. The lowest BCUT2D eigenvalue weighted by atomic mass is 10.0. The van der Waals surface area contributed by atoms with Gasteiger partial charge in [0.25, 0.3) is 0 Å². The van der Waals surface area contributed by atoms with Crippen LogP contribution >= 0.6 is 0 Å². The van der Waals surface area contributed by atoms with Gasteiger partial charge in [0.05, 0.1) is 0 Å². The van der Waals surface area contributed by atoms with Gasteiger partial charge in [-0.1, -0.05) is 66.7 Å². The third kappa shape index (κ3) is 4.36. The molecule has 0 heterocycles. The third-order valence-corrected chi connectivity index (χ3v) is 4.94. The van der Waals surface area contributed by atoms with E-state index in [1.165, 1.54) is 17.7 Å². The zero-order chi connectivity index (χ0) is 16.1. The number of benzene rings is 3. The Morgan fingerprint density at radius 1 is 0.652 bits per heavy atom. The van der Waals surface area contributed by atoms with E-state index in [1.807, 2.05) is 30.3 Å². The van der Waals surface area contributed by atoms with Crippen LogP contribution in [0.3, 0.4) is 0 Å². The van der Waals surface area contributed by atoms with Gasteiger partial charge >= 0.3 is 0 Å². The second kappa shape index (κ2) is 7.34. The van der Waals surface area contributed by atoms with E-state index in [4.69, 9.17) is 0 Å². The number of hydrogen-bond acceptors (Lipinski definition) is 1. The Morgan fingerprint density at radius 2 is 1.13 bits per heavy atom. The first kappa shape index (κ1) is 15.6. The monoisotopic (exact) mass is 324 g/mol. The van der Waals surface area contributed by atoms with E-state index in [0.29, 0.717) is 11.5 Å². The Morgan fingerprint density at radius 3 is 1.70 bits per heavy atom. The van der Waals surface area contributed by atoms with Crippen LogP contribution in [0.5, 0.6) is 0 Å². The first-order chi connectivity index (χ1) is 11.2. The fourth-order valence-electron chi connectivity index (χ4n) is 2.43. The van der Waals surface area contributed by atoms with Gasteiger partial charge in [0.1, 0.15) is 5.82 Å². The molecule has 3 aromatic rings. The summed E-state index contributed by atoms with van der Waals surface area (Å²) in [7, 11) is -1.00. The maximum atomic E-state index is 12.9. The van der Waals surface area contributed by atoms with E-state index in [1.54, 1.807) is 12.1 Å². The summed E-state index contributed by atoms with van der Waals surface area (Å²) in [6.07, 6.45) is 0. The molecule has 3 heteroatoms. The van der Waals surface area contributed by atoms with Crippen molar-refractivity contribution in [1.82, 2.24) is 0 Å². The molecule has 0 amide bonds. The van der Waals surface area contributed by atoms with Crippen molar-refractivity contribution in [2.75, 3.05) is 0 Å². The molecule has 0 spiro atoms. The summed E-state index contributed by atoms with van der Waals surface area (Å²) < 4.78 is 25.1. The highest BCUT2D eigenvalue weighted by molar-refractivity contribution is 7.83. The molecule has 0 saturated heterocycles. The Bertz CT molecular complexity index is 780. The lowest BCUT2D eigenvalue weighted by Gasteiger charge is -2.05. The molecular weight excluding hydrogens is 307 g/mol. The van der Waals surface area contributed by atoms with E-state index in [2.05, 4.69) is 24.3 Å². The van der Waals surface area contributed by atoms with E-state index < -0.39 is 10.8 Å². The summed E-state index contributed by atoms with van der Waals surface area (Å²) in [5, 5.41) is 0. The fraction of sp³-hybridized carbons (Fsp3) is 0.100. The van der Waals surface area contributed by atoms with Crippen molar-refractivity contribution in [1.29, 1.82) is 0 Å². The molecular formula is C20H17FOS. The highest BCUT2D eigenvalue weighted by atomic mass is 32.2. The summed E-state index contributed by atoms with van der Waals surface area (Å²) in [5.74, 6) is 0.684. The van der Waals surface area contributed by atoms with E-state index >= 15 is 0 Å². The maximum absolute atomic E-state index is 12.9. The van der Waals surface area contributed by atoms with Crippen molar-refractivity contribution in [3.63, 3.8) is 0 Å². The molecule has 0 bridgehead atoms. The molecule has 3 rings (SSSR count). The Hall–Kier alpha value is -2.26. The fourth-order valence-corrected chi connectivity index (χ4v) is 3.66. The highest BCUT2D eigenvalue weighted by Gasteiger charge is 2.05. The topological polar surface area (TPSA) is 17.1 Å². The van der Waals surface area contributed by atoms with Gasteiger partial charge in [-0.15, -0.1) is 0 Å². The highest BCUT2D eigenvalue weighted by Crippen LogP contribution is 2.20. The van der Waals surface area contributed by atoms with Gasteiger partial charge in [0.2, 0.25) is 0 Å².